The number of piperidine rings is 1. The number of aliphatic hydroxyl groups is 2. The Morgan fingerprint density at radius 1 is 0.740 bits per heavy atom. The van der Waals surface area contributed by atoms with Crippen LogP contribution >= 0.6 is 23.4 Å². The average molecular weight is 1050 g/mol. The van der Waals surface area contributed by atoms with Crippen LogP contribution in [0, 0.1) is 13.8 Å². The van der Waals surface area contributed by atoms with E-state index in [0.29, 0.717) is 35.9 Å². The fourth-order valence-corrected chi connectivity index (χ4v) is 12.6. The zero-order chi connectivity index (χ0) is 51.1. The number of nitrogens with zero attached hydrogens (tertiary/aromatic N) is 6. The van der Waals surface area contributed by atoms with Gasteiger partial charge in [-0.05, 0) is 129 Å². The van der Waals surface area contributed by atoms with E-state index in [4.69, 9.17) is 11.6 Å². The van der Waals surface area contributed by atoms with E-state index in [9.17, 15) is 23.4 Å². The van der Waals surface area contributed by atoms with Crippen molar-refractivity contribution < 1.29 is 23.4 Å². The summed E-state index contributed by atoms with van der Waals surface area (Å²) in [6.45, 7) is 13.2. The lowest BCUT2D eigenvalue weighted by Gasteiger charge is -2.37. The number of β-amino-alcohol motifs (C(OH)–C–C–N with tert-alkyl or cyclic N) is 1. The van der Waals surface area contributed by atoms with Crippen LogP contribution in [0.3, 0.4) is 0 Å². The third-order valence-corrected chi connectivity index (χ3v) is 17.6. The van der Waals surface area contributed by atoms with E-state index in [1.54, 1.807) is 12.1 Å². The first-order valence-corrected chi connectivity index (χ1v) is 28.4. The molecule has 4 N–H and O–H groups in total. The van der Waals surface area contributed by atoms with E-state index in [1.807, 2.05) is 98.2 Å². The van der Waals surface area contributed by atoms with Crippen LogP contribution in [0.2, 0.25) is 5.02 Å². The Kier molecular flexibility index (Phi) is 17.1. The highest BCUT2D eigenvalue weighted by Gasteiger charge is 2.31. The van der Waals surface area contributed by atoms with Gasteiger partial charge < -0.3 is 39.7 Å². The van der Waals surface area contributed by atoms with E-state index >= 15 is 0 Å². The van der Waals surface area contributed by atoms with Crippen molar-refractivity contribution in [3.8, 4) is 22.4 Å². The van der Waals surface area contributed by atoms with Gasteiger partial charge in [-0.25, -0.2) is 8.42 Å². The molecule has 3 aliphatic heterocycles. The van der Waals surface area contributed by atoms with Crippen LogP contribution in [0.25, 0.3) is 22.4 Å². The van der Waals surface area contributed by atoms with Crippen molar-refractivity contribution in [2.75, 3.05) is 111 Å². The Labute approximate surface area is 440 Å². The second kappa shape index (κ2) is 23.8. The molecule has 6 aromatic rings. The number of thioether (sulfide) groups is 1. The van der Waals surface area contributed by atoms with Gasteiger partial charge in [0.1, 0.15) is 0 Å². The number of aryl methyl sites for hydroxylation is 1. The van der Waals surface area contributed by atoms with E-state index in [0.717, 1.165) is 135 Å². The fraction of sp³-hybridized carbons (Fsp3) is 0.386. The molecule has 0 radical (unpaired) electrons. The third kappa shape index (κ3) is 12.7. The molecule has 0 bridgehead atoms. The molecule has 3 aliphatic rings. The number of benzene rings is 5. The van der Waals surface area contributed by atoms with Gasteiger partial charge in [0.25, 0.3) is 15.9 Å². The summed E-state index contributed by atoms with van der Waals surface area (Å²) in [5.74, 6) is 0.879. The largest absolute Gasteiger partial charge is 0.395 e. The van der Waals surface area contributed by atoms with Crippen molar-refractivity contribution >= 4 is 62.0 Å². The quantitative estimate of drug-likeness (QED) is 0.0615. The molecule has 1 aromatic heterocycles. The SMILES string of the molecule is Cc1cc(S(=O)(=O)Nc2ccc(N3CCN(c4cccc(-c5c(C(=O)N6CCN(CCO)CC6)c(C)n(C)c5-c5ccc(Cl)cc5)c4)CC3)cc2)ccc1N[C@H](CCN1CCC(O)CC1)CSc1ccccc1. The van der Waals surface area contributed by atoms with Gasteiger partial charge >= 0.3 is 0 Å². The second-order valence-corrected chi connectivity index (χ2v) is 22.8. The Balaban J connectivity index is 0.843. The van der Waals surface area contributed by atoms with Gasteiger partial charge in [0.2, 0.25) is 0 Å². The number of hydrogen-bond acceptors (Lipinski definition) is 11. The zero-order valence-corrected chi connectivity index (χ0v) is 44.6. The van der Waals surface area contributed by atoms with Gasteiger partial charge in [-0.3, -0.25) is 14.4 Å². The maximum absolute atomic E-state index is 14.6. The van der Waals surface area contributed by atoms with E-state index in [-0.39, 0.29) is 29.6 Å². The maximum Gasteiger partial charge on any atom is 0.261 e. The van der Waals surface area contributed by atoms with Crippen LogP contribution < -0.4 is 19.8 Å². The van der Waals surface area contributed by atoms with Crippen molar-refractivity contribution in [3.05, 3.63) is 143 Å². The molecule has 3 saturated heterocycles. The summed E-state index contributed by atoms with van der Waals surface area (Å²) in [7, 11) is -1.84. The minimum atomic E-state index is -3.86. The first kappa shape index (κ1) is 52.3. The van der Waals surface area contributed by atoms with Gasteiger partial charge in [0, 0.05) is 141 Å². The van der Waals surface area contributed by atoms with E-state index < -0.39 is 10.0 Å². The molecule has 5 aromatic carbocycles. The molecule has 16 heteroatoms. The number of aromatic nitrogens is 1. The molecule has 3 fully saturated rings. The molecule has 4 heterocycles. The normalized spacial score (nSPS) is 16.7. The molecule has 386 valence electrons. The predicted molar refractivity (Wildman–Crippen MR) is 299 cm³/mol. The third-order valence-electron chi connectivity index (χ3n) is 14.8. The Morgan fingerprint density at radius 3 is 2.08 bits per heavy atom. The summed E-state index contributed by atoms with van der Waals surface area (Å²) in [5.41, 5.74) is 9.81. The van der Waals surface area contributed by atoms with Crippen LogP contribution in [-0.2, 0) is 17.1 Å². The van der Waals surface area contributed by atoms with Gasteiger partial charge in [0.05, 0.1) is 28.9 Å². The molecule has 1 amide bonds. The van der Waals surface area contributed by atoms with Gasteiger partial charge in [-0.1, -0.05) is 54.1 Å². The highest BCUT2D eigenvalue weighted by atomic mass is 35.5. The van der Waals surface area contributed by atoms with Crippen LogP contribution in [-0.4, -0.2) is 147 Å². The lowest BCUT2D eigenvalue weighted by Crippen LogP contribution is -2.49. The topological polar surface area (TPSA) is 137 Å². The summed E-state index contributed by atoms with van der Waals surface area (Å²) < 4.78 is 32.5. The Hall–Kier alpha value is -5.52. The van der Waals surface area contributed by atoms with Gasteiger partial charge in [-0.15, -0.1) is 11.8 Å². The summed E-state index contributed by atoms with van der Waals surface area (Å²) in [5, 5.41) is 23.9. The fourth-order valence-electron chi connectivity index (χ4n) is 10.4. The molecule has 0 unspecified atom stereocenters. The number of hydrogen-bond donors (Lipinski definition) is 4. The number of sulfonamides is 1. The minimum absolute atomic E-state index is 0.0167. The predicted octanol–water partition coefficient (Wildman–Crippen LogP) is 8.93. The van der Waals surface area contributed by atoms with Crippen LogP contribution in [0.4, 0.5) is 22.7 Å². The summed E-state index contributed by atoms with van der Waals surface area (Å²) in [6.07, 6.45) is 2.34. The molecular formula is C57H69ClN8O5S2. The molecule has 0 spiro atoms. The maximum atomic E-state index is 14.6. The lowest BCUT2D eigenvalue weighted by atomic mass is 9.95. The molecule has 73 heavy (non-hydrogen) atoms. The van der Waals surface area contributed by atoms with Crippen molar-refractivity contribution in [1.29, 1.82) is 0 Å². The van der Waals surface area contributed by atoms with Gasteiger partial charge in [0.15, 0.2) is 0 Å². The molecule has 9 rings (SSSR count). The van der Waals surface area contributed by atoms with Crippen molar-refractivity contribution in [1.82, 2.24) is 19.3 Å². The summed E-state index contributed by atoms with van der Waals surface area (Å²) in [4.78, 5) is 27.3. The second-order valence-electron chi connectivity index (χ2n) is 19.6. The number of nitrogens with one attached hydrogen (secondary N) is 2. The minimum Gasteiger partial charge on any atom is -0.395 e. The molecule has 13 nitrogen and oxygen atoms in total. The highest BCUT2D eigenvalue weighted by molar-refractivity contribution is 7.99. The van der Waals surface area contributed by atoms with E-state index in [2.05, 4.69) is 82.7 Å². The van der Waals surface area contributed by atoms with Crippen molar-refractivity contribution in [2.24, 2.45) is 7.05 Å². The molecule has 0 saturated carbocycles. The smallest absolute Gasteiger partial charge is 0.261 e. The molecule has 0 aliphatic carbocycles. The average Bonchev–Trinajstić information content (AvgIpc) is 3.67. The highest BCUT2D eigenvalue weighted by Crippen LogP contribution is 2.41. The monoisotopic (exact) mass is 1040 g/mol. The number of piperazine rings is 2. The standard InChI is InChI=1S/C57H69ClN8O5S2/c1-41-38-52(20-21-53(41)59-47(40-72-51-10-5-4-6-11-51)22-25-62-26-23-50(68)24-27-62)73(70,71)60-46-16-18-48(19-17-46)64-32-34-65(35-33-64)49-9-7-8-44(39-49)55-54(57(69)66-30-28-63(29-31-66)36-37-67)42(2)61(3)56(55)43-12-14-45(58)15-13-43/h4-21,38-39,47,50,59-60,67-68H,22-37,40H2,1-3H3/t47-/m1/s1. The lowest BCUT2D eigenvalue weighted by molar-refractivity contribution is 0.0615. The number of amides is 1. The summed E-state index contributed by atoms with van der Waals surface area (Å²) >= 11 is 8.17. The Bertz CT molecular complexity index is 2920. The van der Waals surface area contributed by atoms with Crippen molar-refractivity contribution in [2.45, 2.75) is 55.0 Å². The van der Waals surface area contributed by atoms with Crippen LogP contribution in [0.5, 0.6) is 0 Å². The first-order chi connectivity index (χ1) is 35.3. The van der Waals surface area contributed by atoms with Crippen LogP contribution in [0.15, 0.2) is 131 Å². The van der Waals surface area contributed by atoms with Crippen LogP contribution in [0.1, 0.15) is 40.9 Å². The number of aliphatic hydroxyl groups excluding tert-OH is 2. The number of carbonyl (C=O) groups is 1. The van der Waals surface area contributed by atoms with E-state index in [1.165, 1.54) is 4.90 Å². The summed E-state index contributed by atoms with van der Waals surface area (Å²) in [6, 6.07) is 39.8. The first-order valence-electron chi connectivity index (χ1n) is 25.6. The molecular weight excluding hydrogens is 976 g/mol. The molecule has 1 atom stereocenters. The number of halogens is 1. The Morgan fingerprint density at radius 2 is 1.41 bits per heavy atom. The number of anilines is 4. The van der Waals surface area contributed by atoms with Gasteiger partial charge in [-0.2, -0.15) is 0 Å². The number of carbonyl (C=O) groups excluding carboxylic acids is 1. The zero-order valence-electron chi connectivity index (χ0n) is 42.2. The van der Waals surface area contributed by atoms with Crippen molar-refractivity contribution in [3.63, 3.8) is 0 Å². The number of rotatable bonds is 18. The number of likely N-dealkylation sites (tertiary alicyclic amines) is 1.